The van der Waals surface area contributed by atoms with Crippen molar-refractivity contribution in [2.45, 2.75) is 33.2 Å². The Bertz CT molecular complexity index is 385. The molecule has 0 radical (unpaired) electrons. The van der Waals surface area contributed by atoms with E-state index in [1.807, 2.05) is 39.0 Å². The van der Waals surface area contributed by atoms with Gasteiger partial charge in [0.25, 0.3) is 0 Å². The third kappa shape index (κ3) is 4.37. The molecule has 0 heterocycles. The van der Waals surface area contributed by atoms with Crippen LogP contribution < -0.4 is 15.8 Å². The molecule has 1 aromatic rings. The van der Waals surface area contributed by atoms with Crippen molar-refractivity contribution in [3.8, 4) is 5.75 Å². The van der Waals surface area contributed by atoms with E-state index >= 15 is 0 Å². The van der Waals surface area contributed by atoms with Crippen molar-refractivity contribution in [1.29, 1.82) is 0 Å². The highest BCUT2D eigenvalue weighted by atomic mass is 16.5. The highest BCUT2D eigenvalue weighted by molar-refractivity contribution is 5.76. The van der Waals surface area contributed by atoms with Crippen LogP contribution in [0.25, 0.3) is 0 Å². The van der Waals surface area contributed by atoms with E-state index in [9.17, 15) is 4.79 Å². The molecule has 4 heteroatoms. The zero-order valence-corrected chi connectivity index (χ0v) is 11.3. The molecule has 1 aromatic carbocycles. The fraction of sp³-hybridized carbons (Fsp3) is 0.500. The van der Waals surface area contributed by atoms with Gasteiger partial charge < -0.3 is 15.8 Å². The molecule has 18 heavy (non-hydrogen) atoms. The summed E-state index contributed by atoms with van der Waals surface area (Å²) < 4.78 is 5.66. The fourth-order valence-corrected chi connectivity index (χ4v) is 1.68. The Morgan fingerprint density at radius 1 is 1.39 bits per heavy atom. The number of carbonyl (C=O) groups excluding carboxylic acids is 1. The number of rotatable bonds is 6. The van der Waals surface area contributed by atoms with Crippen molar-refractivity contribution < 1.29 is 9.53 Å². The maximum absolute atomic E-state index is 11.5. The average molecular weight is 250 g/mol. The lowest BCUT2D eigenvalue weighted by Gasteiger charge is -2.13. The smallest absolute Gasteiger partial charge is 0.223 e. The Balaban J connectivity index is 2.40. The summed E-state index contributed by atoms with van der Waals surface area (Å²) in [4.78, 5) is 11.5. The quantitative estimate of drug-likeness (QED) is 0.805. The average Bonchev–Trinajstić information content (AvgIpc) is 2.32. The van der Waals surface area contributed by atoms with E-state index in [1.165, 1.54) is 0 Å². The molecule has 3 N–H and O–H groups in total. The number of aryl methyl sites for hydroxylation is 2. The molecule has 100 valence electrons. The molecule has 0 fully saturated rings. The molecule has 1 atom stereocenters. The van der Waals surface area contributed by atoms with Crippen molar-refractivity contribution in [2.75, 3.05) is 13.2 Å². The van der Waals surface area contributed by atoms with Gasteiger partial charge in [-0.25, -0.2) is 0 Å². The number of nitrogens with two attached hydrogens (primary N) is 1. The Hall–Kier alpha value is -1.55. The molecule has 0 aliphatic carbocycles. The number of amides is 1. The van der Waals surface area contributed by atoms with E-state index in [1.54, 1.807) is 0 Å². The molecule has 0 aromatic heterocycles. The van der Waals surface area contributed by atoms with Crippen LogP contribution in [-0.4, -0.2) is 25.1 Å². The summed E-state index contributed by atoms with van der Waals surface area (Å²) in [6.07, 6.45) is 0.345. The highest BCUT2D eigenvalue weighted by Crippen LogP contribution is 2.22. The Kier molecular flexibility index (Phi) is 5.65. The number of ether oxygens (including phenoxy) is 1. The van der Waals surface area contributed by atoms with E-state index in [0.29, 0.717) is 19.6 Å². The molecule has 1 rings (SSSR count). The number of hydrogen-bond donors (Lipinski definition) is 2. The van der Waals surface area contributed by atoms with Crippen molar-refractivity contribution in [1.82, 2.24) is 5.32 Å². The molecule has 0 saturated carbocycles. The van der Waals surface area contributed by atoms with Gasteiger partial charge in [0.05, 0.1) is 13.0 Å². The Labute approximate surface area is 109 Å². The van der Waals surface area contributed by atoms with Gasteiger partial charge in [0.15, 0.2) is 0 Å². The van der Waals surface area contributed by atoms with Gasteiger partial charge in [0, 0.05) is 12.6 Å². The van der Waals surface area contributed by atoms with Gasteiger partial charge in [0.2, 0.25) is 5.91 Å². The predicted octanol–water partition coefficient (Wildman–Crippen LogP) is 1.54. The third-order valence-electron chi connectivity index (χ3n) is 2.75. The number of benzene rings is 1. The number of carbonyl (C=O) groups is 1. The van der Waals surface area contributed by atoms with Gasteiger partial charge in [-0.15, -0.1) is 0 Å². The van der Waals surface area contributed by atoms with Gasteiger partial charge in [-0.3, -0.25) is 4.79 Å². The van der Waals surface area contributed by atoms with Gasteiger partial charge in [-0.1, -0.05) is 18.2 Å². The first-order chi connectivity index (χ1) is 8.54. The minimum absolute atomic E-state index is 0.0118. The summed E-state index contributed by atoms with van der Waals surface area (Å²) in [5, 5.41) is 2.80. The summed E-state index contributed by atoms with van der Waals surface area (Å²) in [6, 6.07) is 6.00. The zero-order chi connectivity index (χ0) is 13.5. The third-order valence-corrected chi connectivity index (χ3v) is 2.75. The first kappa shape index (κ1) is 14.5. The Morgan fingerprint density at radius 2 is 2.00 bits per heavy atom. The molecule has 1 amide bonds. The zero-order valence-electron chi connectivity index (χ0n) is 11.3. The number of para-hydroxylation sites is 1. The van der Waals surface area contributed by atoms with E-state index in [0.717, 1.165) is 16.9 Å². The largest absolute Gasteiger partial charge is 0.493 e. The fourth-order valence-electron chi connectivity index (χ4n) is 1.68. The number of nitrogens with one attached hydrogen (secondary N) is 1. The van der Waals surface area contributed by atoms with Crippen LogP contribution in [0.5, 0.6) is 5.75 Å². The normalized spacial score (nSPS) is 12.0. The molecule has 4 nitrogen and oxygen atoms in total. The van der Waals surface area contributed by atoms with Crippen LogP contribution in [-0.2, 0) is 4.79 Å². The first-order valence-electron chi connectivity index (χ1n) is 6.23. The molecule has 0 aliphatic heterocycles. The van der Waals surface area contributed by atoms with Gasteiger partial charge in [-0.2, -0.15) is 0 Å². The number of hydrogen-bond acceptors (Lipinski definition) is 3. The van der Waals surface area contributed by atoms with Crippen LogP contribution >= 0.6 is 0 Å². The van der Waals surface area contributed by atoms with Crippen molar-refractivity contribution in [3.05, 3.63) is 29.3 Å². The van der Waals surface area contributed by atoms with Crippen LogP contribution in [0, 0.1) is 13.8 Å². The summed E-state index contributed by atoms with van der Waals surface area (Å²) in [7, 11) is 0. The van der Waals surface area contributed by atoms with Crippen LogP contribution in [0.15, 0.2) is 18.2 Å². The van der Waals surface area contributed by atoms with Crippen molar-refractivity contribution in [3.63, 3.8) is 0 Å². The van der Waals surface area contributed by atoms with E-state index in [4.69, 9.17) is 10.5 Å². The van der Waals surface area contributed by atoms with Gasteiger partial charge in [0.1, 0.15) is 5.75 Å². The minimum Gasteiger partial charge on any atom is -0.493 e. The lowest BCUT2D eigenvalue weighted by molar-refractivity contribution is -0.122. The second-order valence-electron chi connectivity index (χ2n) is 4.52. The maximum atomic E-state index is 11.5. The maximum Gasteiger partial charge on any atom is 0.223 e. The SMILES string of the molecule is Cc1cccc(C)c1OCCC(=O)NC(C)CN. The topological polar surface area (TPSA) is 64.3 Å². The van der Waals surface area contributed by atoms with Crippen LogP contribution in [0.4, 0.5) is 0 Å². The van der Waals surface area contributed by atoms with Crippen molar-refractivity contribution >= 4 is 5.91 Å². The second-order valence-corrected chi connectivity index (χ2v) is 4.52. The highest BCUT2D eigenvalue weighted by Gasteiger charge is 2.07. The minimum atomic E-state index is -0.0285. The van der Waals surface area contributed by atoms with Gasteiger partial charge in [-0.05, 0) is 31.9 Å². The molecular weight excluding hydrogens is 228 g/mol. The van der Waals surface area contributed by atoms with Crippen LogP contribution in [0.2, 0.25) is 0 Å². The lowest BCUT2D eigenvalue weighted by atomic mass is 10.1. The predicted molar refractivity (Wildman–Crippen MR) is 72.7 cm³/mol. The van der Waals surface area contributed by atoms with E-state index < -0.39 is 0 Å². The molecular formula is C14H22N2O2. The van der Waals surface area contributed by atoms with Gasteiger partial charge >= 0.3 is 0 Å². The summed E-state index contributed by atoms with van der Waals surface area (Å²) in [6.45, 7) is 6.71. The lowest BCUT2D eigenvalue weighted by Crippen LogP contribution is -2.38. The molecule has 0 saturated heterocycles. The van der Waals surface area contributed by atoms with Crippen LogP contribution in [0.3, 0.4) is 0 Å². The summed E-state index contributed by atoms with van der Waals surface area (Å²) in [5.41, 5.74) is 7.61. The van der Waals surface area contributed by atoms with E-state index in [-0.39, 0.29) is 11.9 Å². The monoisotopic (exact) mass is 250 g/mol. The standard InChI is InChI=1S/C14H22N2O2/c1-10-5-4-6-11(2)14(10)18-8-7-13(17)16-12(3)9-15/h4-6,12H,7-9,15H2,1-3H3,(H,16,17). The Morgan fingerprint density at radius 3 is 2.56 bits per heavy atom. The second kappa shape index (κ2) is 7.01. The first-order valence-corrected chi connectivity index (χ1v) is 6.23. The van der Waals surface area contributed by atoms with Crippen molar-refractivity contribution in [2.24, 2.45) is 5.73 Å². The molecule has 1 unspecified atom stereocenters. The van der Waals surface area contributed by atoms with E-state index in [2.05, 4.69) is 5.32 Å². The molecule has 0 spiro atoms. The summed E-state index contributed by atoms with van der Waals surface area (Å²) in [5.74, 6) is 0.844. The molecule has 0 bridgehead atoms. The van der Waals surface area contributed by atoms with Crippen LogP contribution in [0.1, 0.15) is 24.5 Å². The molecule has 0 aliphatic rings. The summed E-state index contributed by atoms with van der Waals surface area (Å²) >= 11 is 0.